The first-order chi connectivity index (χ1) is 12.1. The van der Waals surface area contributed by atoms with E-state index >= 15 is 0 Å². The van der Waals surface area contributed by atoms with Gasteiger partial charge < -0.3 is 14.6 Å². The molecule has 0 saturated carbocycles. The summed E-state index contributed by atoms with van der Waals surface area (Å²) < 4.78 is 6.22. The van der Waals surface area contributed by atoms with Crippen LogP contribution in [-0.2, 0) is 11.2 Å². The molecule has 3 rings (SSSR count). The van der Waals surface area contributed by atoms with Crippen molar-refractivity contribution in [3.63, 3.8) is 0 Å². The number of carbonyl (C=O) groups is 1. The van der Waals surface area contributed by atoms with Crippen molar-refractivity contribution in [3.05, 3.63) is 50.4 Å². The molecule has 6 heteroatoms. The van der Waals surface area contributed by atoms with Crippen molar-refractivity contribution in [1.82, 2.24) is 9.88 Å². The van der Waals surface area contributed by atoms with Gasteiger partial charge in [-0.05, 0) is 55.8 Å². The van der Waals surface area contributed by atoms with Crippen LogP contribution in [0.4, 0.5) is 0 Å². The Labute approximate surface area is 157 Å². The maximum absolute atomic E-state index is 12.5. The number of aromatic amines is 1. The first-order valence-electron chi connectivity index (χ1n) is 8.45. The van der Waals surface area contributed by atoms with Crippen molar-refractivity contribution in [2.24, 2.45) is 0 Å². The quantitative estimate of drug-likeness (QED) is 0.791. The minimum atomic E-state index is 0.162. The van der Waals surface area contributed by atoms with E-state index in [2.05, 4.69) is 23.2 Å². The van der Waals surface area contributed by atoms with Crippen molar-refractivity contribution in [2.75, 3.05) is 19.7 Å². The molecule has 25 heavy (non-hydrogen) atoms. The predicted molar refractivity (Wildman–Crippen MR) is 105 cm³/mol. The molecule has 1 aliphatic rings. The summed E-state index contributed by atoms with van der Waals surface area (Å²) in [6, 6.07) is 8.17. The van der Waals surface area contributed by atoms with Crippen molar-refractivity contribution in [3.8, 4) is 5.75 Å². The van der Waals surface area contributed by atoms with Gasteiger partial charge in [0.05, 0.1) is 13.0 Å². The summed E-state index contributed by atoms with van der Waals surface area (Å²) in [7, 11) is 0. The van der Waals surface area contributed by atoms with Gasteiger partial charge in [-0.2, -0.15) is 0 Å². The topological polar surface area (TPSA) is 45.3 Å². The molecule has 0 bridgehead atoms. The van der Waals surface area contributed by atoms with E-state index in [1.807, 2.05) is 30.9 Å². The lowest BCUT2D eigenvalue weighted by Crippen LogP contribution is -2.35. The number of nitrogens with zero attached hydrogens (tertiary/aromatic N) is 1. The van der Waals surface area contributed by atoms with Crippen LogP contribution in [-0.4, -0.2) is 35.5 Å². The third-order valence-electron chi connectivity index (χ3n) is 4.33. The van der Waals surface area contributed by atoms with Crippen molar-refractivity contribution in [1.29, 1.82) is 0 Å². The first-order valence-corrected chi connectivity index (χ1v) is 9.68. The zero-order valence-corrected chi connectivity index (χ0v) is 16.1. The fourth-order valence-corrected chi connectivity index (χ4v) is 4.23. The number of hydrogen-bond acceptors (Lipinski definition) is 4. The Kier molecular flexibility index (Phi) is 5.71. The molecule has 0 atom stereocenters. The molecule has 0 unspecified atom stereocenters. The molecule has 0 spiro atoms. The fraction of sp³-hybridized carbons (Fsp3) is 0.368. The maximum atomic E-state index is 12.5. The summed E-state index contributed by atoms with van der Waals surface area (Å²) in [4.78, 5) is 18.6. The predicted octanol–water partition coefficient (Wildman–Crippen LogP) is 4.37. The molecule has 1 amide bonds. The molecule has 0 fully saturated rings. The molecule has 0 saturated heterocycles. The average Bonchev–Trinajstić information content (AvgIpc) is 2.93. The third-order valence-corrected chi connectivity index (χ3v) is 5.67. The van der Waals surface area contributed by atoms with Crippen LogP contribution in [0, 0.1) is 10.9 Å². The van der Waals surface area contributed by atoms with Gasteiger partial charge in [0.2, 0.25) is 5.91 Å². The second kappa shape index (κ2) is 7.97. The van der Waals surface area contributed by atoms with Crippen molar-refractivity contribution < 1.29 is 9.53 Å². The van der Waals surface area contributed by atoms with Crippen molar-refractivity contribution in [2.45, 2.75) is 26.7 Å². The van der Waals surface area contributed by atoms with Crippen LogP contribution in [0.3, 0.4) is 0 Å². The summed E-state index contributed by atoms with van der Waals surface area (Å²) in [5.41, 5.74) is 3.50. The van der Waals surface area contributed by atoms with E-state index in [0.717, 1.165) is 33.2 Å². The van der Waals surface area contributed by atoms with Crippen LogP contribution in [0.5, 0.6) is 5.75 Å². The summed E-state index contributed by atoms with van der Waals surface area (Å²) in [5.74, 6) is 1.05. The second-order valence-corrected chi connectivity index (χ2v) is 7.79. The number of aryl methyl sites for hydroxylation is 1. The van der Waals surface area contributed by atoms with Crippen LogP contribution >= 0.6 is 23.6 Å². The van der Waals surface area contributed by atoms with Crippen molar-refractivity contribution >= 4 is 35.0 Å². The minimum Gasteiger partial charge on any atom is -0.494 e. The Balaban J connectivity index is 1.62. The van der Waals surface area contributed by atoms with E-state index in [9.17, 15) is 4.79 Å². The van der Waals surface area contributed by atoms with E-state index in [1.54, 1.807) is 0 Å². The smallest absolute Gasteiger partial charge is 0.228 e. The molecular formula is C19H22N2O2S2. The third kappa shape index (κ3) is 4.38. The highest BCUT2D eigenvalue weighted by Gasteiger charge is 2.19. The number of ether oxygens (including phenoxy) is 1. The van der Waals surface area contributed by atoms with Gasteiger partial charge in [0.1, 0.15) is 5.75 Å². The van der Waals surface area contributed by atoms with Crippen LogP contribution in [0.2, 0.25) is 0 Å². The lowest BCUT2D eigenvalue weighted by Gasteiger charge is -2.26. The van der Waals surface area contributed by atoms with Gasteiger partial charge >= 0.3 is 0 Å². The normalized spacial score (nSPS) is 14.3. The molecule has 2 aromatic rings. The van der Waals surface area contributed by atoms with Gasteiger partial charge in [0.15, 0.2) is 3.95 Å². The molecule has 4 nitrogen and oxygen atoms in total. The van der Waals surface area contributed by atoms with Crippen LogP contribution in [0.15, 0.2) is 30.3 Å². The van der Waals surface area contributed by atoms with Crippen LogP contribution in [0.1, 0.15) is 29.5 Å². The van der Waals surface area contributed by atoms with E-state index in [-0.39, 0.29) is 5.91 Å². The molecular weight excluding hydrogens is 352 g/mol. The highest BCUT2D eigenvalue weighted by atomic mass is 32.1. The van der Waals surface area contributed by atoms with E-state index < -0.39 is 0 Å². The van der Waals surface area contributed by atoms with Gasteiger partial charge in [-0.3, -0.25) is 4.79 Å². The van der Waals surface area contributed by atoms with Crippen LogP contribution < -0.4 is 4.74 Å². The monoisotopic (exact) mass is 374 g/mol. The first kappa shape index (κ1) is 17.9. The van der Waals surface area contributed by atoms with E-state index in [0.29, 0.717) is 19.6 Å². The Morgan fingerprint density at radius 1 is 1.36 bits per heavy atom. The zero-order chi connectivity index (χ0) is 17.8. The SMILES string of the molecule is CCOc1ccc(C2=CCN(C(=O)Cc3sc(=S)[nH]c3C)CC2)cc1. The number of hydrogen-bond donors (Lipinski definition) is 1. The van der Waals surface area contributed by atoms with Gasteiger partial charge in [0, 0.05) is 23.7 Å². The number of amides is 1. The Morgan fingerprint density at radius 3 is 2.68 bits per heavy atom. The summed E-state index contributed by atoms with van der Waals surface area (Å²) >= 11 is 6.64. The summed E-state index contributed by atoms with van der Waals surface area (Å²) in [6.45, 7) is 6.04. The standard InChI is InChI=1S/C19H22N2O2S2/c1-3-23-16-6-4-14(5-7-16)15-8-10-21(11-9-15)18(22)12-17-13(2)20-19(24)25-17/h4-8H,3,9-12H2,1-2H3,(H,20,24). The van der Waals surface area contributed by atoms with Gasteiger partial charge in [0.25, 0.3) is 0 Å². The van der Waals surface area contributed by atoms with E-state index in [1.165, 1.54) is 22.5 Å². The summed E-state index contributed by atoms with van der Waals surface area (Å²) in [6.07, 6.45) is 3.46. The number of thiazole rings is 1. The highest BCUT2D eigenvalue weighted by Crippen LogP contribution is 2.25. The average molecular weight is 375 g/mol. The lowest BCUT2D eigenvalue weighted by molar-refractivity contribution is -0.130. The molecule has 1 aromatic heterocycles. The number of carbonyl (C=O) groups excluding carboxylic acids is 1. The highest BCUT2D eigenvalue weighted by molar-refractivity contribution is 7.73. The zero-order valence-electron chi connectivity index (χ0n) is 14.5. The molecule has 2 heterocycles. The van der Waals surface area contributed by atoms with Gasteiger partial charge in [-0.25, -0.2) is 0 Å². The van der Waals surface area contributed by atoms with E-state index in [4.69, 9.17) is 17.0 Å². The molecule has 132 valence electrons. The Bertz CT molecular complexity index is 834. The number of H-pyrrole nitrogens is 1. The van der Waals surface area contributed by atoms with Crippen LogP contribution in [0.25, 0.3) is 5.57 Å². The van der Waals surface area contributed by atoms with Gasteiger partial charge in [-0.1, -0.05) is 18.2 Å². The molecule has 0 aliphatic carbocycles. The minimum absolute atomic E-state index is 0.162. The Morgan fingerprint density at radius 2 is 2.12 bits per heavy atom. The fourth-order valence-electron chi connectivity index (χ4n) is 2.94. The molecule has 0 radical (unpaired) electrons. The number of benzene rings is 1. The Hall–Kier alpha value is -1.92. The molecule has 1 aromatic carbocycles. The molecule has 1 aliphatic heterocycles. The lowest BCUT2D eigenvalue weighted by atomic mass is 9.99. The number of nitrogens with one attached hydrogen (secondary N) is 1. The summed E-state index contributed by atoms with van der Waals surface area (Å²) in [5, 5.41) is 0. The van der Waals surface area contributed by atoms with Gasteiger partial charge in [-0.15, -0.1) is 11.3 Å². The largest absolute Gasteiger partial charge is 0.494 e. The number of rotatable bonds is 5. The molecule has 1 N–H and O–H groups in total. The maximum Gasteiger partial charge on any atom is 0.228 e. The number of aromatic nitrogens is 1. The second-order valence-electron chi connectivity index (χ2n) is 6.02.